The number of nitrogens with zero attached hydrogens (tertiary/aromatic N) is 1. The van der Waals surface area contributed by atoms with Crippen molar-refractivity contribution in [3.63, 3.8) is 0 Å². The van der Waals surface area contributed by atoms with Gasteiger partial charge in [-0.15, -0.1) is 0 Å². The van der Waals surface area contributed by atoms with Crippen LogP contribution in [0.25, 0.3) is 0 Å². The molecule has 0 bridgehead atoms. The fourth-order valence-corrected chi connectivity index (χ4v) is 3.05. The number of nitrogens with two attached hydrogens (primary N) is 1. The third-order valence-corrected chi connectivity index (χ3v) is 4.25. The summed E-state index contributed by atoms with van der Waals surface area (Å²) in [6, 6.07) is 5.38. The first kappa shape index (κ1) is 17.7. The number of carbonyl (C=O) groups is 2. The lowest BCUT2D eigenvalue weighted by atomic mass is 9.96. The van der Waals surface area contributed by atoms with Gasteiger partial charge >= 0.3 is 0 Å². The van der Waals surface area contributed by atoms with Crippen LogP contribution < -0.4 is 16.0 Å². The highest BCUT2D eigenvalue weighted by Crippen LogP contribution is 2.27. The molecule has 1 heterocycles. The van der Waals surface area contributed by atoms with Crippen molar-refractivity contribution < 1.29 is 14.3 Å². The van der Waals surface area contributed by atoms with Gasteiger partial charge in [0.2, 0.25) is 5.91 Å². The second kappa shape index (κ2) is 7.79. The molecule has 1 saturated heterocycles. The first-order chi connectivity index (χ1) is 10.9. The second-order valence-electron chi connectivity index (χ2n) is 5.91. The van der Waals surface area contributed by atoms with Gasteiger partial charge in [-0.2, -0.15) is 0 Å². The fraction of sp³-hybridized carbons (Fsp3) is 0.500. The van der Waals surface area contributed by atoms with Crippen molar-refractivity contribution in [2.75, 3.05) is 13.1 Å². The summed E-state index contributed by atoms with van der Waals surface area (Å²) in [5.41, 5.74) is 2.67. The number of hydrazine groups is 1. The zero-order valence-electron chi connectivity index (χ0n) is 13.3. The minimum Gasteiger partial charge on any atom is -0.490 e. The summed E-state index contributed by atoms with van der Waals surface area (Å²) in [6.45, 7) is 4.83. The highest BCUT2D eigenvalue weighted by Gasteiger charge is 2.30. The van der Waals surface area contributed by atoms with Gasteiger partial charge in [0.05, 0.1) is 17.6 Å². The van der Waals surface area contributed by atoms with Gasteiger partial charge in [0.1, 0.15) is 5.75 Å². The van der Waals surface area contributed by atoms with Crippen molar-refractivity contribution in [1.29, 1.82) is 0 Å². The molecule has 0 aliphatic carbocycles. The summed E-state index contributed by atoms with van der Waals surface area (Å²) >= 11 is 3.39. The molecule has 0 aromatic heterocycles. The molecule has 1 aromatic carbocycles. The molecule has 3 N–H and O–H groups in total. The van der Waals surface area contributed by atoms with Crippen LogP contribution in [-0.2, 0) is 4.79 Å². The summed E-state index contributed by atoms with van der Waals surface area (Å²) in [6.07, 6.45) is 1.48. The smallest absolute Gasteiger partial charge is 0.257 e. The Hall–Kier alpha value is -1.60. The molecule has 0 radical (unpaired) electrons. The maximum Gasteiger partial charge on any atom is 0.257 e. The van der Waals surface area contributed by atoms with Crippen LogP contribution >= 0.6 is 15.9 Å². The average Bonchev–Trinajstić information content (AvgIpc) is 2.54. The Labute approximate surface area is 144 Å². The van der Waals surface area contributed by atoms with E-state index < -0.39 is 0 Å². The summed E-state index contributed by atoms with van der Waals surface area (Å²) < 4.78 is 6.55. The number of carbonyl (C=O) groups excluding carboxylic acids is 2. The Morgan fingerprint density at radius 3 is 2.83 bits per heavy atom. The van der Waals surface area contributed by atoms with Crippen molar-refractivity contribution in [2.45, 2.75) is 32.8 Å². The zero-order chi connectivity index (χ0) is 17.0. The van der Waals surface area contributed by atoms with Crippen LogP contribution in [0, 0.1) is 5.92 Å². The van der Waals surface area contributed by atoms with E-state index in [1.807, 2.05) is 19.9 Å². The van der Waals surface area contributed by atoms with E-state index in [0.717, 1.165) is 17.3 Å². The molecule has 6 nitrogen and oxygen atoms in total. The molecule has 126 valence electrons. The van der Waals surface area contributed by atoms with Crippen molar-refractivity contribution in [2.24, 2.45) is 11.8 Å². The summed E-state index contributed by atoms with van der Waals surface area (Å²) in [5.74, 6) is 5.14. The SMILES string of the molecule is CC(C)Oc1ccc(Br)cc1C(=O)N1CCCC(C(=O)NN)C1. The number of amides is 2. The Kier molecular flexibility index (Phi) is 6.01. The number of hydrogen-bond donors (Lipinski definition) is 2. The van der Waals surface area contributed by atoms with Gasteiger partial charge in [-0.3, -0.25) is 15.0 Å². The predicted octanol–water partition coefficient (Wildman–Crippen LogP) is 2.08. The summed E-state index contributed by atoms with van der Waals surface area (Å²) in [5, 5.41) is 0. The van der Waals surface area contributed by atoms with Crippen LogP contribution in [0.15, 0.2) is 22.7 Å². The van der Waals surface area contributed by atoms with Crippen molar-refractivity contribution in [1.82, 2.24) is 10.3 Å². The molecule has 1 aliphatic rings. The van der Waals surface area contributed by atoms with Crippen LogP contribution in [-0.4, -0.2) is 35.9 Å². The maximum absolute atomic E-state index is 12.9. The minimum absolute atomic E-state index is 0.0279. The Morgan fingerprint density at radius 1 is 1.43 bits per heavy atom. The molecule has 1 unspecified atom stereocenters. The van der Waals surface area contributed by atoms with Gasteiger partial charge in [-0.25, -0.2) is 5.84 Å². The predicted molar refractivity (Wildman–Crippen MR) is 90.9 cm³/mol. The van der Waals surface area contributed by atoms with E-state index in [4.69, 9.17) is 10.6 Å². The highest BCUT2D eigenvalue weighted by atomic mass is 79.9. The first-order valence-corrected chi connectivity index (χ1v) is 8.47. The monoisotopic (exact) mass is 383 g/mol. The van der Waals surface area contributed by atoms with Crippen LogP contribution in [0.4, 0.5) is 0 Å². The van der Waals surface area contributed by atoms with E-state index in [1.165, 1.54) is 0 Å². The van der Waals surface area contributed by atoms with Crippen LogP contribution in [0.5, 0.6) is 5.75 Å². The molecule has 2 amide bonds. The molecular formula is C16H22BrN3O3. The Balaban J connectivity index is 2.22. The van der Waals surface area contributed by atoms with Gasteiger partial charge < -0.3 is 9.64 Å². The lowest BCUT2D eigenvalue weighted by molar-refractivity contribution is -0.126. The van der Waals surface area contributed by atoms with E-state index in [2.05, 4.69) is 21.4 Å². The minimum atomic E-state index is -0.265. The maximum atomic E-state index is 12.9. The Morgan fingerprint density at radius 2 is 2.17 bits per heavy atom. The third-order valence-electron chi connectivity index (χ3n) is 3.76. The van der Waals surface area contributed by atoms with Crippen molar-refractivity contribution >= 4 is 27.7 Å². The van der Waals surface area contributed by atoms with Crippen LogP contribution in [0.3, 0.4) is 0 Å². The molecule has 0 saturated carbocycles. The van der Waals surface area contributed by atoms with E-state index >= 15 is 0 Å². The summed E-state index contributed by atoms with van der Waals surface area (Å²) in [4.78, 5) is 26.3. The second-order valence-corrected chi connectivity index (χ2v) is 6.82. The van der Waals surface area contributed by atoms with Gasteiger partial charge in [-0.05, 0) is 44.9 Å². The zero-order valence-corrected chi connectivity index (χ0v) is 14.9. The van der Waals surface area contributed by atoms with Gasteiger partial charge in [0.15, 0.2) is 0 Å². The average molecular weight is 384 g/mol. The van der Waals surface area contributed by atoms with Crippen molar-refractivity contribution in [3.8, 4) is 5.75 Å². The van der Waals surface area contributed by atoms with Gasteiger partial charge in [0, 0.05) is 17.6 Å². The molecule has 1 atom stereocenters. The van der Waals surface area contributed by atoms with Gasteiger partial charge in [-0.1, -0.05) is 15.9 Å². The molecule has 23 heavy (non-hydrogen) atoms. The standard InChI is InChI=1S/C16H22BrN3O3/c1-10(2)23-14-6-5-12(17)8-13(14)16(22)20-7-3-4-11(9-20)15(21)19-18/h5-6,8,10-11H,3-4,7,9,18H2,1-2H3,(H,19,21). The number of ether oxygens (including phenoxy) is 1. The Bertz CT molecular complexity index is 592. The van der Waals surface area contributed by atoms with E-state index in [1.54, 1.807) is 17.0 Å². The topological polar surface area (TPSA) is 84.7 Å². The number of benzene rings is 1. The summed E-state index contributed by atoms with van der Waals surface area (Å²) in [7, 11) is 0. The number of likely N-dealkylation sites (tertiary alicyclic amines) is 1. The molecule has 7 heteroatoms. The molecule has 1 aromatic rings. The van der Waals surface area contributed by atoms with E-state index in [-0.39, 0.29) is 23.8 Å². The number of rotatable bonds is 4. The third kappa shape index (κ3) is 4.45. The van der Waals surface area contributed by atoms with E-state index in [9.17, 15) is 9.59 Å². The lowest BCUT2D eigenvalue weighted by Gasteiger charge is -2.32. The lowest BCUT2D eigenvalue weighted by Crippen LogP contribution is -2.47. The number of piperidine rings is 1. The van der Waals surface area contributed by atoms with Crippen molar-refractivity contribution in [3.05, 3.63) is 28.2 Å². The first-order valence-electron chi connectivity index (χ1n) is 7.68. The number of halogens is 1. The van der Waals surface area contributed by atoms with Crippen LogP contribution in [0.2, 0.25) is 0 Å². The number of nitrogens with one attached hydrogen (secondary N) is 1. The molecule has 0 spiro atoms. The molecule has 1 fully saturated rings. The molecule has 1 aliphatic heterocycles. The molecular weight excluding hydrogens is 362 g/mol. The normalized spacial score (nSPS) is 18.0. The quantitative estimate of drug-likeness (QED) is 0.473. The van der Waals surface area contributed by atoms with Crippen LogP contribution in [0.1, 0.15) is 37.0 Å². The largest absolute Gasteiger partial charge is 0.490 e. The molecule has 2 rings (SSSR count). The van der Waals surface area contributed by atoms with Gasteiger partial charge in [0.25, 0.3) is 5.91 Å². The highest BCUT2D eigenvalue weighted by molar-refractivity contribution is 9.10. The fourth-order valence-electron chi connectivity index (χ4n) is 2.69. The van der Waals surface area contributed by atoms with E-state index in [0.29, 0.717) is 24.4 Å². The number of hydrogen-bond acceptors (Lipinski definition) is 4.